The van der Waals surface area contributed by atoms with Gasteiger partial charge in [-0.05, 0) is 66.1 Å². The molecule has 0 atom stereocenters. The zero-order valence-electron chi connectivity index (χ0n) is 21.4. The number of hydrogen-bond donors (Lipinski definition) is 3. The molecule has 0 aliphatic carbocycles. The van der Waals surface area contributed by atoms with Crippen molar-refractivity contribution in [1.82, 2.24) is 4.90 Å². The monoisotopic (exact) mass is 521 g/mol. The predicted molar refractivity (Wildman–Crippen MR) is 150 cm³/mol. The second-order valence-corrected chi connectivity index (χ2v) is 11.5. The first-order valence-corrected chi connectivity index (χ1v) is 14.2. The number of nitrogen functional groups attached to an aromatic ring is 1. The fraction of sp³-hybridized carbons (Fsp3) is 0.357. The number of nitrogens with two attached hydrogens (primary N) is 1. The van der Waals surface area contributed by atoms with E-state index in [1.165, 1.54) is 4.31 Å². The molecular formula is C28H35N5O3S. The van der Waals surface area contributed by atoms with Crippen LogP contribution < -0.4 is 14.8 Å². The Morgan fingerprint density at radius 3 is 2.32 bits per heavy atom. The third-order valence-electron chi connectivity index (χ3n) is 6.68. The summed E-state index contributed by atoms with van der Waals surface area (Å²) in [6.07, 6.45) is 2.30. The van der Waals surface area contributed by atoms with Crippen LogP contribution in [-0.4, -0.2) is 49.9 Å². The van der Waals surface area contributed by atoms with Gasteiger partial charge in [0.25, 0.3) is 0 Å². The van der Waals surface area contributed by atoms with Gasteiger partial charge in [0.2, 0.25) is 10.0 Å². The molecule has 0 bridgehead atoms. The van der Waals surface area contributed by atoms with Crippen LogP contribution in [0.15, 0.2) is 60.7 Å². The van der Waals surface area contributed by atoms with E-state index in [1.807, 2.05) is 60.4 Å². The molecule has 1 heterocycles. The van der Waals surface area contributed by atoms with Crippen molar-refractivity contribution in [2.45, 2.75) is 45.8 Å². The Labute approximate surface area is 219 Å². The molecule has 1 saturated heterocycles. The minimum absolute atomic E-state index is 0.00264. The van der Waals surface area contributed by atoms with Crippen molar-refractivity contribution in [2.75, 3.05) is 23.1 Å². The van der Waals surface area contributed by atoms with E-state index in [-0.39, 0.29) is 24.2 Å². The highest BCUT2D eigenvalue weighted by molar-refractivity contribution is 7.92. The molecule has 3 aromatic rings. The van der Waals surface area contributed by atoms with Crippen molar-refractivity contribution in [1.29, 1.82) is 10.8 Å². The highest BCUT2D eigenvalue weighted by Gasteiger charge is 2.24. The van der Waals surface area contributed by atoms with Gasteiger partial charge in [0.1, 0.15) is 17.7 Å². The van der Waals surface area contributed by atoms with Crippen LogP contribution in [0.2, 0.25) is 0 Å². The largest absolute Gasteiger partial charge is 0.490 e. The molecule has 37 heavy (non-hydrogen) atoms. The Bertz CT molecular complexity index is 1380. The minimum Gasteiger partial charge on any atom is -0.490 e. The molecule has 9 heteroatoms. The molecule has 0 radical (unpaired) electrons. The fourth-order valence-corrected chi connectivity index (χ4v) is 6.16. The van der Waals surface area contributed by atoms with Crippen LogP contribution >= 0.6 is 0 Å². The molecule has 8 nitrogen and oxygen atoms in total. The average molecular weight is 522 g/mol. The van der Waals surface area contributed by atoms with Gasteiger partial charge in [-0.25, -0.2) is 8.42 Å². The maximum atomic E-state index is 13.3. The van der Waals surface area contributed by atoms with E-state index >= 15 is 0 Å². The van der Waals surface area contributed by atoms with Gasteiger partial charge in [0.15, 0.2) is 0 Å². The summed E-state index contributed by atoms with van der Waals surface area (Å²) in [5.74, 6) is 1.35. The lowest BCUT2D eigenvalue weighted by molar-refractivity contribution is 0.130. The van der Waals surface area contributed by atoms with Crippen molar-refractivity contribution >= 4 is 38.2 Å². The van der Waals surface area contributed by atoms with Crippen LogP contribution in [0.1, 0.15) is 44.2 Å². The van der Waals surface area contributed by atoms with E-state index < -0.39 is 10.0 Å². The van der Waals surface area contributed by atoms with Crippen molar-refractivity contribution < 1.29 is 13.2 Å². The number of nitrogens with zero attached hydrogens (tertiary/aromatic N) is 2. The number of benzene rings is 3. The molecule has 1 aliphatic heterocycles. The zero-order valence-corrected chi connectivity index (χ0v) is 22.2. The molecule has 3 aromatic carbocycles. The van der Waals surface area contributed by atoms with Crippen molar-refractivity contribution in [2.24, 2.45) is 5.73 Å². The van der Waals surface area contributed by atoms with Crippen LogP contribution in [0.25, 0.3) is 10.8 Å². The quantitative estimate of drug-likeness (QED) is 0.278. The van der Waals surface area contributed by atoms with Crippen LogP contribution in [0.4, 0.5) is 5.69 Å². The lowest BCUT2D eigenvalue weighted by Gasteiger charge is -2.33. The number of anilines is 1. The van der Waals surface area contributed by atoms with E-state index in [4.69, 9.17) is 21.3 Å². The van der Waals surface area contributed by atoms with Gasteiger partial charge in [-0.3, -0.25) is 15.1 Å². The fourth-order valence-electron chi connectivity index (χ4n) is 4.64. The van der Waals surface area contributed by atoms with Gasteiger partial charge < -0.3 is 15.4 Å². The Kier molecular flexibility index (Phi) is 8.02. The second kappa shape index (κ2) is 11.2. The van der Waals surface area contributed by atoms with Gasteiger partial charge in [-0.1, -0.05) is 31.2 Å². The standard InChI is InChI=1S/C28H35N5O3S/c1-3-16-37(34,35)33(19-21-4-5-22-6-7-23(28(30)31)18-24(22)17-21)25-8-10-26(11-9-25)36-27-12-14-32(15-13-27)20(2)29/h4-11,17-18,27,29H,3,12-16,19H2,1-2H3,(H3,30,31). The molecule has 4 N–H and O–H groups in total. The normalized spacial score (nSPS) is 14.5. The number of fused-ring (bicyclic) bond motifs is 1. The molecule has 0 unspecified atom stereocenters. The smallest absolute Gasteiger partial charge is 0.235 e. The second-order valence-electron chi connectivity index (χ2n) is 9.52. The summed E-state index contributed by atoms with van der Waals surface area (Å²) >= 11 is 0. The van der Waals surface area contributed by atoms with E-state index in [2.05, 4.69) is 0 Å². The van der Waals surface area contributed by atoms with Gasteiger partial charge in [-0.15, -0.1) is 0 Å². The maximum Gasteiger partial charge on any atom is 0.235 e. The van der Waals surface area contributed by atoms with E-state index in [9.17, 15) is 8.42 Å². The Morgan fingerprint density at radius 1 is 1.03 bits per heavy atom. The number of likely N-dealkylation sites (tertiary alicyclic amines) is 1. The molecule has 0 spiro atoms. The van der Waals surface area contributed by atoms with Crippen LogP contribution in [0, 0.1) is 10.8 Å². The van der Waals surface area contributed by atoms with Crippen LogP contribution in [0.3, 0.4) is 0 Å². The van der Waals surface area contributed by atoms with Crippen molar-refractivity contribution in [3.05, 3.63) is 71.8 Å². The maximum absolute atomic E-state index is 13.3. The molecular weight excluding hydrogens is 486 g/mol. The van der Waals surface area contributed by atoms with Gasteiger partial charge in [0.05, 0.1) is 23.8 Å². The SMILES string of the molecule is CCCS(=O)(=O)N(Cc1ccc2ccc(C(=N)N)cc2c1)c1ccc(OC2CCN(C(C)=N)CC2)cc1. The first-order chi connectivity index (χ1) is 17.7. The number of rotatable bonds is 9. The number of sulfonamides is 1. The summed E-state index contributed by atoms with van der Waals surface area (Å²) in [6, 6.07) is 18.7. The Morgan fingerprint density at radius 2 is 1.70 bits per heavy atom. The summed E-state index contributed by atoms with van der Waals surface area (Å²) in [5, 5.41) is 17.4. The summed E-state index contributed by atoms with van der Waals surface area (Å²) in [4.78, 5) is 2.05. The lowest BCUT2D eigenvalue weighted by Crippen LogP contribution is -2.40. The molecule has 0 amide bonds. The van der Waals surface area contributed by atoms with Crippen LogP contribution in [-0.2, 0) is 16.6 Å². The highest BCUT2D eigenvalue weighted by atomic mass is 32.2. The first-order valence-electron chi connectivity index (χ1n) is 12.6. The molecule has 0 aromatic heterocycles. The number of piperidine rings is 1. The van der Waals surface area contributed by atoms with E-state index in [0.29, 0.717) is 29.3 Å². The van der Waals surface area contributed by atoms with Crippen molar-refractivity contribution in [3.8, 4) is 5.75 Å². The van der Waals surface area contributed by atoms with E-state index in [1.54, 1.807) is 19.1 Å². The van der Waals surface area contributed by atoms with Crippen molar-refractivity contribution in [3.63, 3.8) is 0 Å². The topological polar surface area (TPSA) is 124 Å². The van der Waals surface area contributed by atoms with E-state index in [0.717, 1.165) is 42.3 Å². The third-order valence-corrected chi connectivity index (χ3v) is 8.62. The number of amidine groups is 2. The summed E-state index contributed by atoms with van der Waals surface area (Å²) < 4.78 is 34.1. The molecule has 1 fully saturated rings. The predicted octanol–water partition coefficient (Wildman–Crippen LogP) is 4.71. The molecule has 1 aliphatic rings. The van der Waals surface area contributed by atoms with Gasteiger partial charge in [0, 0.05) is 31.5 Å². The van der Waals surface area contributed by atoms with Gasteiger partial charge in [-0.2, -0.15) is 0 Å². The summed E-state index contributed by atoms with van der Waals surface area (Å²) in [7, 11) is -3.54. The summed E-state index contributed by atoms with van der Waals surface area (Å²) in [5.41, 5.74) is 7.73. The molecule has 196 valence electrons. The van der Waals surface area contributed by atoms with Crippen LogP contribution in [0.5, 0.6) is 5.75 Å². The van der Waals surface area contributed by atoms with Gasteiger partial charge >= 0.3 is 0 Å². The third kappa shape index (κ3) is 6.40. The average Bonchev–Trinajstić information content (AvgIpc) is 2.87. The lowest BCUT2D eigenvalue weighted by atomic mass is 10.0. The molecule has 0 saturated carbocycles. The first kappa shape index (κ1) is 26.5. The number of nitrogens with one attached hydrogen (secondary N) is 2. The Hall–Kier alpha value is -3.59. The molecule has 4 rings (SSSR count). The minimum atomic E-state index is -3.54. The zero-order chi connectivity index (χ0) is 26.6. The highest BCUT2D eigenvalue weighted by Crippen LogP contribution is 2.28. The number of ether oxygens (including phenoxy) is 1. The summed E-state index contributed by atoms with van der Waals surface area (Å²) in [6.45, 7) is 5.47. The Balaban J connectivity index is 1.54. The number of hydrogen-bond acceptors (Lipinski definition) is 5.